The van der Waals surface area contributed by atoms with Gasteiger partial charge in [0.15, 0.2) is 17.4 Å². The Labute approximate surface area is 121 Å². The molecule has 5 heteroatoms. The molecule has 0 radical (unpaired) electrons. The topological polar surface area (TPSA) is 39.2 Å². The zero-order valence-corrected chi connectivity index (χ0v) is 11.4. The highest BCUT2D eigenvalue weighted by atomic mass is 19.2. The second-order valence-corrected chi connectivity index (χ2v) is 4.56. The summed E-state index contributed by atoms with van der Waals surface area (Å²) in [5.41, 5.74) is 1.27. The Morgan fingerprint density at radius 2 is 1.86 bits per heavy atom. The van der Waals surface area contributed by atoms with E-state index in [1.807, 2.05) is 12.1 Å². The molecule has 1 aromatic heterocycles. The van der Waals surface area contributed by atoms with Crippen LogP contribution in [-0.4, -0.2) is 24.0 Å². The van der Waals surface area contributed by atoms with Crippen LogP contribution >= 0.6 is 0 Å². The van der Waals surface area contributed by atoms with Crippen molar-refractivity contribution in [1.29, 1.82) is 0 Å². The zero-order chi connectivity index (χ0) is 15.1. The van der Waals surface area contributed by atoms with Crippen LogP contribution in [0.4, 0.5) is 8.78 Å². The van der Waals surface area contributed by atoms with Gasteiger partial charge in [0.05, 0.1) is 0 Å². The first-order valence-electron chi connectivity index (χ1n) is 6.61. The molecule has 0 unspecified atom stereocenters. The molecule has 1 heterocycles. The Balaban J connectivity index is 1.71. The number of ketones is 1. The summed E-state index contributed by atoms with van der Waals surface area (Å²) in [6, 6.07) is 6.92. The van der Waals surface area contributed by atoms with Crippen LogP contribution in [0.25, 0.3) is 0 Å². The Kier molecular flexibility index (Phi) is 5.51. The van der Waals surface area contributed by atoms with E-state index in [4.69, 9.17) is 4.74 Å². The van der Waals surface area contributed by atoms with E-state index in [0.29, 0.717) is 6.61 Å². The number of aromatic nitrogens is 1. The van der Waals surface area contributed by atoms with Crippen LogP contribution in [0, 0.1) is 11.6 Å². The molecular weight excluding hydrogens is 276 g/mol. The number of hydrogen-bond donors (Lipinski definition) is 0. The Morgan fingerprint density at radius 1 is 1.10 bits per heavy atom. The van der Waals surface area contributed by atoms with Gasteiger partial charge in [0.25, 0.3) is 0 Å². The summed E-state index contributed by atoms with van der Waals surface area (Å²) in [5.74, 6) is -2.36. The van der Waals surface area contributed by atoms with Gasteiger partial charge >= 0.3 is 0 Å². The van der Waals surface area contributed by atoms with Gasteiger partial charge in [-0.25, -0.2) is 8.78 Å². The minimum absolute atomic E-state index is 0.114. The second-order valence-electron chi connectivity index (χ2n) is 4.56. The predicted octanol–water partition coefficient (Wildman–Crippen LogP) is 3.19. The number of halogens is 2. The number of pyridine rings is 1. The minimum atomic E-state index is -1.03. The summed E-state index contributed by atoms with van der Waals surface area (Å²) in [7, 11) is 0. The molecule has 3 nitrogen and oxygen atoms in total. The van der Waals surface area contributed by atoms with Gasteiger partial charge in [0.2, 0.25) is 0 Å². The molecule has 0 bridgehead atoms. The average molecular weight is 291 g/mol. The Hall–Kier alpha value is -2.14. The highest BCUT2D eigenvalue weighted by Gasteiger charge is 2.09. The molecule has 2 rings (SSSR count). The molecule has 0 amide bonds. The number of carbonyl (C=O) groups is 1. The second kappa shape index (κ2) is 7.59. The van der Waals surface area contributed by atoms with E-state index in [0.717, 1.165) is 30.5 Å². The molecule has 0 fully saturated rings. The Morgan fingerprint density at radius 3 is 2.57 bits per heavy atom. The molecular formula is C16H15F2NO2. The lowest BCUT2D eigenvalue weighted by Crippen LogP contribution is -2.10. The van der Waals surface area contributed by atoms with Gasteiger partial charge in [-0.1, -0.05) is 0 Å². The SMILES string of the molecule is O=C(COCCCc1ccncc1)c1ccc(F)c(F)c1. The summed E-state index contributed by atoms with van der Waals surface area (Å²) >= 11 is 0. The van der Waals surface area contributed by atoms with Crippen LogP contribution in [0.3, 0.4) is 0 Å². The van der Waals surface area contributed by atoms with E-state index in [2.05, 4.69) is 4.98 Å². The fraction of sp³-hybridized carbons (Fsp3) is 0.250. The molecule has 0 spiro atoms. The van der Waals surface area contributed by atoms with Crippen molar-refractivity contribution in [2.45, 2.75) is 12.8 Å². The number of rotatable bonds is 7. The monoisotopic (exact) mass is 291 g/mol. The molecule has 21 heavy (non-hydrogen) atoms. The number of nitrogens with zero attached hydrogens (tertiary/aromatic N) is 1. The highest BCUT2D eigenvalue weighted by Crippen LogP contribution is 2.09. The van der Waals surface area contributed by atoms with Gasteiger partial charge in [0.1, 0.15) is 6.61 Å². The molecule has 1 aromatic carbocycles. The maximum absolute atomic E-state index is 13.0. The summed E-state index contributed by atoms with van der Waals surface area (Å²) < 4.78 is 31.0. The third-order valence-electron chi connectivity index (χ3n) is 2.98. The molecule has 0 aliphatic rings. The number of carbonyl (C=O) groups excluding carboxylic acids is 1. The van der Waals surface area contributed by atoms with Crippen molar-refractivity contribution in [2.24, 2.45) is 0 Å². The van der Waals surface area contributed by atoms with Gasteiger partial charge in [-0.05, 0) is 48.7 Å². The quantitative estimate of drug-likeness (QED) is 0.581. The lowest BCUT2D eigenvalue weighted by molar-refractivity contribution is 0.0755. The van der Waals surface area contributed by atoms with Crippen molar-refractivity contribution in [3.05, 3.63) is 65.5 Å². The number of aryl methyl sites for hydroxylation is 1. The summed E-state index contributed by atoms with van der Waals surface area (Å²) in [6.45, 7) is 0.291. The van der Waals surface area contributed by atoms with Gasteiger partial charge in [-0.2, -0.15) is 0 Å². The third kappa shape index (κ3) is 4.72. The van der Waals surface area contributed by atoms with Crippen molar-refractivity contribution in [3.8, 4) is 0 Å². The fourth-order valence-electron chi connectivity index (χ4n) is 1.85. The van der Waals surface area contributed by atoms with Crippen LogP contribution < -0.4 is 0 Å². The van der Waals surface area contributed by atoms with Crippen LogP contribution in [0.5, 0.6) is 0 Å². The van der Waals surface area contributed by atoms with Gasteiger partial charge in [-0.15, -0.1) is 0 Å². The Bertz CT molecular complexity index is 602. The van der Waals surface area contributed by atoms with E-state index >= 15 is 0 Å². The molecule has 0 aliphatic heterocycles. The van der Waals surface area contributed by atoms with Crippen molar-refractivity contribution in [3.63, 3.8) is 0 Å². The molecule has 0 saturated heterocycles. The van der Waals surface area contributed by atoms with Crippen LogP contribution in [0.1, 0.15) is 22.3 Å². The highest BCUT2D eigenvalue weighted by molar-refractivity contribution is 5.97. The lowest BCUT2D eigenvalue weighted by Gasteiger charge is -2.04. The smallest absolute Gasteiger partial charge is 0.188 e. The maximum atomic E-state index is 13.0. The van der Waals surface area contributed by atoms with E-state index in [9.17, 15) is 13.6 Å². The molecule has 2 aromatic rings. The molecule has 0 aliphatic carbocycles. The predicted molar refractivity (Wildman–Crippen MR) is 74.1 cm³/mol. The van der Waals surface area contributed by atoms with E-state index < -0.39 is 11.6 Å². The number of benzene rings is 1. The molecule has 110 valence electrons. The van der Waals surface area contributed by atoms with Gasteiger partial charge in [-0.3, -0.25) is 9.78 Å². The maximum Gasteiger partial charge on any atom is 0.188 e. The first-order chi connectivity index (χ1) is 10.2. The largest absolute Gasteiger partial charge is 0.373 e. The van der Waals surface area contributed by atoms with Crippen molar-refractivity contribution >= 4 is 5.78 Å². The van der Waals surface area contributed by atoms with Gasteiger partial charge < -0.3 is 4.74 Å². The van der Waals surface area contributed by atoms with Crippen molar-refractivity contribution in [2.75, 3.05) is 13.2 Å². The third-order valence-corrected chi connectivity index (χ3v) is 2.98. The van der Waals surface area contributed by atoms with Crippen LogP contribution in [0.15, 0.2) is 42.7 Å². The normalized spacial score (nSPS) is 10.6. The first-order valence-corrected chi connectivity index (χ1v) is 6.61. The zero-order valence-electron chi connectivity index (χ0n) is 11.4. The van der Waals surface area contributed by atoms with Crippen molar-refractivity contribution in [1.82, 2.24) is 4.98 Å². The first kappa shape index (κ1) is 15.3. The number of hydrogen-bond acceptors (Lipinski definition) is 3. The van der Waals surface area contributed by atoms with Crippen LogP contribution in [-0.2, 0) is 11.2 Å². The standard InChI is InChI=1S/C16H15F2NO2/c17-14-4-3-13(10-15(14)18)16(20)11-21-9-1-2-12-5-7-19-8-6-12/h3-8,10H,1-2,9,11H2. The van der Waals surface area contributed by atoms with Gasteiger partial charge in [0, 0.05) is 24.6 Å². The number of ether oxygens (including phenoxy) is 1. The lowest BCUT2D eigenvalue weighted by atomic mass is 10.1. The van der Waals surface area contributed by atoms with Crippen LogP contribution in [0.2, 0.25) is 0 Å². The molecule has 0 atom stereocenters. The molecule has 0 saturated carbocycles. The minimum Gasteiger partial charge on any atom is -0.373 e. The van der Waals surface area contributed by atoms with E-state index in [1.54, 1.807) is 12.4 Å². The summed E-state index contributed by atoms with van der Waals surface area (Å²) in [6.07, 6.45) is 5.06. The van der Waals surface area contributed by atoms with E-state index in [1.165, 1.54) is 6.07 Å². The van der Waals surface area contributed by atoms with E-state index in [-0.39, 0.29) is 18.0 Å². The average Bonchev–Trinajstić information content (AvgIpc) is 2.50. The number of Topliss-reactive ketones (excluding diaryl/α,β-unsaturated/α-hetero) is 1. The summed E-state index contributed by atoms with van der Waals surface area (Å²) in [4.78, 5) is 15.6. The van der Waals surface area contributed by atoms with Crippen molar-refractivity contribution < 1.29 is 18.3 Å². The fourth-order valence-corrected chi connectivity index (χ4v) is 1.85. The molecule has 0 N–H and O–H groups in total. The summed E-state index contributed by atoms with van der Waals surface area (Å²) in [5, 5.41) is 0.